The molecular formula is C24H28N3O3+. The van der Waals surface area contributed by atoms with Gasteiger partial charge in [-0.2, -0.15) is 5.01 Å². The van der Waals surface area contributed by atoms with Gasteiger partial charge in [-0.05, 0) is 37.3 Å². The highest BCUT2D eigenvalue weighted by Crippen LogP contribution is 2.48. The van der Waals surface area contributed by atoms with Gasteiger partial charge in [0.05, 0.1) is 44.2 Å². The van der Waals surface area contributed by atoms with Gasteiger partial charge in [0, 0.05) is 11.1 Å². The van der Waals surface area contributed by atoms with E-state index in [0.717, 1.165) is 54.4 Å². The normalized spacial score (nSPS) is 29.4. The van der Waals surface area contributed by atoms with Crippen LogP contribution in [0.2, 0.25) is 0 Å². The summed E-state index contributed by atoms with van der Waals surface area (Å²) >= 11 is 0. The highest BCUT2D eigenvalue weighted by atomic mass is 16.6. The number of hydrogen-bond acceptors (Lipinski definition) is 5. The fourth-order valence-corrected chi connectivity index (χ4v) is 5.19. The first kappa shape index (κ1) is 18.1. The Kier molecular flexibility index (Phi) is 4.18. The molecule has 4 aliphatic rings. The molecule has 4 heterocycles. The third kappa shape index (κ3) is 2.78. The van der Waals surface area contributed by atoms with Gasteiger partial charge in [0.1, 0.15) is 19.0 Å². The predicted octanol–water partition coefficient (Wildman–Crippen LogP) is 2.15. The average molecular weight is 407 g/mol. The molecule has 0 saturated carbocycles. The van der Waals surface area contributed by atoms with Crippen molar-refractivity contribution in [1.82, 2.24) is 10.4 Å². The number of ether oxygens (including phenoxy) is 3. The first-order chi connectivity index (χ1) is 14.8. The lowest BCUT2D eigenvalue weighted by Gasteiger charge is -2.50. The maximum Gasteiger partial charge on any atom is 0.191 e. The average Bonchev–Trinajstić information content (AvgIpc) is 3.26. The zero-order valence-electron chi connectivity index (χ0n) is 17.3. The lowest BCUT2D eigenvalue weighted by atomic mass is 9.93. The Hall–Kier alpha value is -2.70. The second-order valence-corrected chi connectivity index (χ2v) is 8.56. The maximum absolute atomic E-state index is 6.71. The molecule has 0 radical (unpaired) electrons. The van der Waals surface area contributed by atoms with E-state index in [1.54, 1.807) is 4.90 Å². The molecule has 0 amide bonds. The molecule has 2 aromatic carbocycles. The molecule has 6 heteroatoms. The highest BCUT2D eigenvalue weighted by molar-refractivity contribution is 5.70. The first-order valence-electron chi connectivity index (χ1n) is 11.1. The second-order valence-electron chi connectivity index (χ2n) is 8.56. The summed E-state index contributed by atoms with van der Waals surface area (Å²) in [7, 11) is 0. The van der Waals surface area contributed by atoms with Crippen LogP contribution in [0.25, 0.3) is 5.70 Å². The fraction of sp³-hybridized carbons (Fsp3) is 0.417. The zero-order chi connectivity index (χ0) is 20.1. The van der Waals surface area contributed by atoms with Crippen LogP contribution in [-0.4, -0.2) is 43.6 Å². The number of hydrazine groups is 1. The standard InChI is InChI=1S/C24H27N3O3/c1-2-26-11-9-24(10-12-26)27-20(18-5-3-4-6-21(18)30-24)16-19(25-27)17-7-8-22-23(15-17)29-14-13-28-22/h3-8,15-16,20,25H,2,9-14H2,1H3/p+1/t20-/m0/s1. The molecule has 1 atom stereocenters. The molecule has 156 valence electrons. The van der Waals surface area contributed by atoms with E-state index in [9.17, 15) is 0 Å². The summed E-state index contributed by atoms with van der Waals surface area (Å²) in [6, 6.07) is 14.8. The smallest absolute Gasteiger partial charge is 0.191 e. The highest BCUT2D eigenvalue weighted by Gasteiger charge is 2.52. The Morgan fingerprint density at radius 1 is 1.03 bits per heavy atom. The zero-order valence-corrected chi connectivity index (χ0v) is 17.3. The van der Waals surface area contributed by atoms with Crippen LogP contribution in [0.4, 0.5) is 0 Å². The number of likely N-dealkylation sites (tertiary alicyclic amines) is 1. The summed E-state index contributed by atoms with van der Waals surface area (Å²) in [6.45, 7) is 6.90. The lowest BCUT2D eigenvalue weighted by molar-refractivity contribution is -0.906. The van der Waals surface area contributed by atoms with Gasteiger partial charge in [-0.3, -0.25) is 0 Å². The lowest BCUT2D eigenvalue weighted by Crippen LogP contribution is -3.13. The summed E-state index contributed by atoms with van der Waals surface area (Å²) in [5, 5.41) is 2.36. The Morgan fingerprint density at radius 3 is 2.67 bits per heavy atom. The number of rotatable bonds is 2. The topological polar surface area (TPSA) is 47.4 Å². The van der Waals surface area contributed by atoms with E-state index in [4.69, 9.17) is 14.2 Å². The molecule has 0 aliphatic carbocycles. The van der Waals surface area contributed by atoms with Crippen LogP contribution in [0.15, 0.2) is 48.5 Å². The van der Waals surface area contributed by atoms with E-state index in [0.29, 0.717) is 13.2 Å². The quantitative estimate of drug-likeness (QED) is 0.800. The monoisotopic (exact) mass is 406 g/mol. The van der Waals surface area contributed by atoms with E-state index in [2.05, 4.69) is 59.8 Å². The van der Waals surface area contributed by atoms with Crippen molar-refractivity contribution in [2.24, 2.45) is 0 Å². The minimum Gasteiger partial charge on any atom is -0.486 e. The molecule has 0 unspecified atom stereocenters. The van der Waals surface area contributed by atoms with Crippen molar-refractivity contribution in [2.45, 2.75) is 31.5 Å². The van der Waals surface area contributed by atoms with Crippen LogP contribution >= 0.6 is 0 Å². The molecule has 0 aromatic heterocycles. The van der Waals surface area contributed by atoms with Gasteiger partial charge >= 0.3 is 0 Å². The minimum atomic E-state index is -0.316. The third-order valence-corrected chi connectivity index (χ3v) is 6.91. The van der Waals surface area contributed by atoms with Crippen molar-refractivity contribution in [3.8, 4) is 17.2 Å². The van der Waals surface area contributed by atoms with E-state index in [1.807, 2.05) is 6.07 Å². The number of benzene rings is 2. The predicted molar refractivity (Wildman–Crippen MR) is 113 cm³/mol. The van der Waals surface area contributed by atoms with Crippen molar-refractivity contribution in [2.75, 3.05) is 32.8 Å². The largest absolute Gasteiger partial charge is 0.486 e. The summed E-state index contributed by atoms with van der Waals surface area (Å²) < 4.78 is 18.2. The van der Waals surface area contributed by atoms with Crippen molar-refractivity contribution < 1.29 is 19.1 Å². The SMILES string of the molecule is CC[NH+]1CCC2(CC1)Oc1ccccc1[C@@H]1C=C(c3ccc4c(c3)OCCO4)NN12. The molecule has 1 saturated heterocycles. The molecule has 2 aromatic rings. The second kappa shape index (κ2) is 6.93. The van der Waals surface area contributed by atoms with Gasteiger partial charge in [0.25, 0.3) is 0 Å². The Balaban J connectivity index is 1.37. The number of nitrogens with zero attached hydrogens (tertiary/aromatic N) is 1. The molecule has 2 N–H and O–H groups in total. The maximum atomic E-state index is 6.71. The van der Waals surface area contributed by atoms with E-state index in [-0.39, 0.29) is 11.8 Å². The molecular weight excluding hydrogens is 378 g/mol. The number of para-hydroxylation sites is 1. The van der Waals surface area contributed by atoms with Gasteiger partial charge in [-0.15, -0.1) is 0 Å². The van der Waals surface area contributed by atoms with Crippen LogP contribution in [0.3, 0.4) is 0 Å². The molecule has 1 spiro atoms. The molecule has 6 rings (SSSR count). The van der Waals surface area contributed by atoms with Crippen molar-refractivity contribution >= 4 is 5.70 Å². The molecule has 1 fully saturated rings. The molecule has 30 heavy (non-hydrogen) atoms. The van der Waals surface area contributed by atoms with Crippen molar-refractivity contribution in [3.63, 3.8) is 0 Å². The Bertz CT molecular complexity index is 997. The number of nitrogens with one attached hydrogen (secondary N) is 2. The van der Waals surface area contributed by atoms with E-state index < -0.39 is 0 Å². The van der Waals surface area contributed by atoms with Crippen molar-refractivity contribution in [3.05, 3.63) is 59.7 Å². The van der Waals surface area contributed by atoms with E-state index in [1.165, 1.54) is 12.1 Å². The van der Waals surface area contributed by atoms with Crippen LogP contribution in [-0.2, 0) is 0 Å². The number of piperidine rings is 1. The van der Waals surface area contributed by atoms with Crippen LogP contribution in [0, 0.1) is 0 Å². The molecule has 0 bridgehead atoms. The van der Waals surface area contributed by atoms with Crippen LogP contribution in [0.5, 0.6) is 17.2 Å². The van der Waals surface area contributed by atoms with Gasteiger partial charge in [0.2, 0.25) is 0 Å². The molecule has 6 nitrogen and oxygen atoms in total. The number of quaternary nitrogens is 1. The summed E-state index contributed by atoms with van der Waals surface area (Å²) in [5.74, 6) is 2.65. The van der Waals surface area contributed by atoms with Gasteiger partial charge in [0.15, 0.2) is 17.2 Å². The van der Waals surface area contributed by atoms with Crippen LogP contribution < -0.4 is 24.5 Å². The van der Waals surface area contributed by atoms with Gasteiger partial charge in [-0.1, -0.05) is 18.2 Å². The summed E-state index contributed by atoms with van der Waals surface area (Å²) in [6.07, 6.45) is 4.35. The Morgan fingerprint density at radius 2 is 1.83 bits per heavy atom. The summed E-state index contributed by atoms with van der Waals surface area (Å²) in [4.78, 5) is 1.65. The van der Waals surface area contributed by atoms with Crippen molar-refractivity contribution in [1.29, 1.82) is 0 Å². The van der Waals surface area contributed by atoms with Gasteiger partial charge < -0.3 is 24.5 Å². The number of fused-ring (bicyclic) bond motifs is 5. The number of hydrogen-bond donors (Lipinski definition) is 2. The van der Waals surface area contributed by atoms with E-state index >= 15 is 0 Å². The van der Waals surface area contributed by atoms with Gasteiger partial charge in [-0.25, -0.2) is 0 Å². The molecule has 4 aliphatic heterocycles. The minimum absolute atomic E-state index is 0.154. The van der Waals surface area contributed by atoms with Crippen LogP contribution in [0.1, 0.15) is 36.9 Å². The Labute approximate surface area is 177 Å². The third-order valence-electron chi connectivity index (χ3n) is 6.91. The fourth-order valence-electron chi connectivity index (χ4n) is 5.19. The summed E-state index contributed by atoms with van der Waals surface area (Å²) in [5.41, 5.74) is 6.82. The first-order valence-corrected chi connectivity index (χ1v) is 11.1.